The zero-order chi connectivity index (χ0) is 24.4. The van der Waals surface area contributed by atoms with E-state index in [0.29, 0.717) is 23.3 Å². The lowest BCUT2D eigenvalue weighted by atomic mass is 10.1. The number of amides is 2. The van der Waals surface area contributed by atoms with E-state index in [-0.39, 0.29) is 37.1 Å². The Hall–Kier alpha value is -2.67. The van der Waals surface area contributed by atoms with Gasteiger partial charge in [-0.05, 0) is 74.2 Å². The molecule has 2 amide bonds. The molecule has 0 aliphatic rings. The molecular formula is C26H36N2O4S. The van der Waals surface area contributed by atoms with Gasteiger partial charge in [-0.3, -0.25) is 9.59 Å². The van der Waals surface area contributed by atoms with Crippen molar-refractivity contribution in [3.63, 3.8) is 0 Å². The van der Waals surface area contributed by atoms with Gasteiger partial charge in [-0.25, -0.2) is 0 Å². The largest absolute Gasteiger partial charge is 0.484 e. The molecule has 7 heteroatoms. The van der Waals surface area contributed by atoms with Crippen LogP contribution in [-0.4, -0.2) is 37.1 Å². The van der Waals surface area contributed by atoms with Gasteiger partial charge in [-0.1, -0.05) is 39.5 Å². The van der Waals surface area contributed by atoms with Crippen LogP contribution in [0.5, 0.6) is 11.5 Å². The van der Waals surface area contributed by atoms with Crippen LogP contribution < -0.4 is 20.1 Å². The summed E-state index contributed by atoms with van der Waals surface area (Å²) < 4.78 is 11.2. The van der Waals surface area contributed by atoms with Gasteiger partial charge in [0.05, 0.1) is 0 Å². The Kier molecular flexibility index (Phi) is 10.6. The molecule has 0 saturated carbocycles. The first-order valence-corrected chi connectivity index (χ1v) is 12.2. The number of hydrogen-bond acceptors (Lipinski definition) is 5. The van der Waals surface area contributed by atoms with E-state index in [1.807, 2.05) is 62.4 Å². The van der Waals surface area contributed by atoms with Crippen molar-refractivity contribution in [3.8, 4) is 11.5 Å². The van der Waals surface area contributed by atoms with Gasteiger partial charge >= 0.3 is 0 Å². The first-order valence-electron chi connectivity index (χ1n) is 11.4. The highest BCUT2D eigenvalue weighted by atomic mass is 32.2. The third-order valence-electron chi connectivity index (χ3n) is 5.40. The maximum Gasteiger partial charge on any atom is 0.258 e. The number of benzene rings is 2. The van der Waals surface area contributed by atoms with Crippen LogP contribution in [0, 0.1) is 11.8 Å². The molecule has 0 aromatic heterocycles. The van der Waals surface area contributed by atoms with E-state index in [4.69, 9.17) is 9.47 Å². The van der Waals surface area contributed by atoms with E-state index in [9.17, 15) is 9.59 Å². The Bertz CT molecular complexity index is 809. The number of nitrogens with one attached hydrogen (secondary N) is 2. The Morgan fingerprint density at radius 3 is 1.30 bits per heavy atom. The minimum Gasteiger partial charge on any atom is -0.484 e. The normalized spacial score (nSPS) is 12.8. The Morgan fingerprint density at radius 1 is 0.667 bits per heavy atom. The molecule has 0 aliphatic carbocycles. The van der Waals surface area contributed by atoms with Crippen molar-refractivity contribution in [2.24, 2.45) is 11.8 Å². The second-order valence-electron chi connectivity index (χ2n) is 8.82. The predicted molar refractivity (Wildman–Crippen MR) is 133 cm³/mol. The maximum absolute atomic E-state index is 12.0. The van der Waals surface area contributed by atoms with E-state index >= 15 is 0 Å². The zero-order valence-corrected chi connectivity index (χ0v) is 21.2. The second kappa shape index (κ2) is 13.1. The number of hydrogen-bond donors (Lipinski definition) is 2. The summed E-state index contributed by atoms with van der Waals surface area (Å²) in [6.07, 6.45) is 0. The average Bonchev–Trinajstić information content (AvgIpc) is 2.78. The molecule has 33 heavy (non-hydrogen) atoms. The highest BCUT2D eigenvalue weighted by Crippen LogP contribution is 2.30. The molecule has 2 atom stereocenters. The van der Waals surface area contributed by atoms with Gasteiger partial charge in [-0.2, -0.15) is 0 Å². The van der Waals surface area contributed by atoms with Crippen molar-refractivity contribution in [2.75, 3.05) is 13.2 Å². The molecule has 0 bridgehead atoms. The van der Waals surface area contributed by atoms with E-state index < -0.39 is 0 Å². The highest BCUT2D eigenvalue weighted by molar-refractivity contribution is 7.99. The summed E-state index contributed by atoms with van der Waals surface area (Å²) in [6.45, 7) is 12.2. The third-order valence-corrected chi connectivity index (χ3v) is 6.42. The molecule has 0 radical (unpaired) electrons. The molecule has 0 spiro atoms. The topological polar surface area (TPSA) is 76.7 Å². The van der Waals surface area contributed by atoms with E-state index in [0.717, 1.165) is 9.79 Å². The molecule has 6 nitrogen and oxygen atoms in total. The smallest absolute Gasteiger partial charge is 0.258 e. The van der Waals surface area contributed by atoms with E-state index in [1.54, 1.807) is 11.8 Å². The predicted octanol–water partition coefficient (Wildman–Crippen LogP) is 4.92. The molecule has 2 aromatic carbocycles. The van der Waals surface area contributed by atoms with Crippen LogP contribution in [0.4, 0.5) is 0 Å². The summed E-state index contributed by atoms with van der Waals surface area (Å²) in [4.78, 5) is 26.0. The van der Waals surface area contributed by atoms with Gasteiger partial charge in [0.1, 0.15) is 11.5 Å². The fourth-order valence-electron chi connectivity index (χ4n) is 2.57. The van der Waals surface area contributed by atoms with Crippen LogP contribution in [0.2, 0.25) is 0 Å². The van der Waals surface area contributed by atoms with Crippen LogP contribution in [0.25, 0.3) is 0 Å². The molecule has 2 aromatic rings. The van der Waals surface area contributed by atoms with Gasteiger partial charge in [-0.15, -0.1) is 0 Å². The Labute approximate surface area is 201 Å². The summed E-state index contributed by atoms with van der Waals surface area (Å²) in [7, 11) is 0. The second-order valence-corrected chi connectivity index (χ2v) is 9.97. The number of carbonyl (C=O) groups is 2. The van der Waals surface area contributed by atoms with Crippen LogP contribution in [-0.2, 0) is 9.59 Å². The minimum atomic E-state index is -0.121. The SMILES string of the molecule is CC(C)[C@@H](C)NC(=O)COc1ccc(Sc2ccc(OCC(=O)N[C@H](C)C(C)C)cc2)cc1. The van der Waals surface area contributed by atoms with Crippen LogP contribution in [0.15, 0.2) is 58.3 Å². The number of ether oxygens (including phenoxy) is 2. The summed E-state index contributed by atoms with van der Waals surface area (Å²) in [5.41, 5.74) is 0. The monoisotopic (exact) mass is 472 g/mol. The van der Waals surface area contributed by atoms with Crippen molar-refractivity contribution in [3.05, 3.63) is 48.5 Å². The first kappa shape index (κ1) is 26.6. The molecule has 2 rings (SSSR count). The van der Waals surface area contributed by atoms with Crippen molar-refractivity contribution in [1.29, 1.82) is 0 Å². The lowest BCUT2D eigenvalue weighted by Crippen LogP contribution is -2.38. The van der Waals surface area contributed by atoms with Gasteiger partial charge in [0.15, 0.2) is 13.2 Å². The zero-order valence-electron chi connectivity index (χ0n) is 20.4. The third kappa shape index (κ3) is 9.78. The molecule has 0 aliphatic heterocycles. The quantitative estimate of drug-likeness (QED) is 0.459. The van der Waals surface area contributed by atoms with Gasteiger partial charge in [0, 0.05) is 21.9 Å². The molecular weight excluding hydrogens is 436 g/mol. The first-order chi connectivity index (χ1) is 15.6. The highest BCUT2D eigenvalue weighted by Gasteiger charge is 2.12. The molecule has 0 unspecified atom stereocenters. The van der Waals surface area contributed by atoms with Crippen molar-refractivity contribution in [1.82, 2.24) is 10.6 Å². The molecule has 2 N–H and O–H groups in total. The Balaban J connectivity index is 1.78. The molecule has 0 fully saturated rings. The summed E-state index contributed by atoms with van der Waals surface area (Å²) in [5, 5.41) is 5.85. The number of rotatable bonds is 12. The minimum absolute atomic E-state index is 0.000578. The Morgan fingerprint density at radius 2 is 1.00 bits per heavy atom. The van der Waals surface area contributed by atoms with Crippen molar-refractivity contribution >= 4 is 23.6 Å². The van der Waals surface area contributed by atoms with E-state index in [1.165, 1.54) is 0 Å². The van der Waals surface area contributed by atoms with Gasteiger partial charge < -0.3 is 20.1 Å². The van der Waals surface area contributed by atoms with Gasteiger partial charge in [0.2, 0.25) is 0 Å². The molecule has 0 saturated heterocycles. The lowest BCUT2D eigenvalue weighted by molar-refractivity contribution is -0.124. The van der Waals surface area contributed by atoms with Crippen LogP contribution in [0.3, 0.4) is 0 Å². The summed E-state index contributed by atoms with van der Waals surface area (Å²) >= 11 is 1.61. The summed E-state index contributed by atoms with van der Waals surface area (Å²) in [5.74, 6) is 1.82. The standard InChI is InChI=1S/C26H36N2O4S/c1-17(2)19(5)27-25(29)15-31-21-7-11-23(12-8-21)33-24-13-9-22(10-14-24)32-16-26(30)28-20(6)18(3)4/h7-14,17-20H,15-16H2,1-6H3,(H,27,29)(H,28,30)/t19-,20-/m1/s1. The van der Waals surface area contributed by atoms with Crippen LogP contribution in [0.1, 0.15) is 41.5 Å². The molecule has 180 valence electrons. The van der Waals surface area contributed by atoms with Crippen molar-refractivity contribution in [2.45, 2.75) is 63.4 Å². The summed E-state index contributed by atoms with van der Waals surface area (Å²) in [6, 6.07) is 15.5. The fourth-order valence-corrected chi connectivity index (χ4v) is 3.38. The molecule has 0 heterocycles. The van der Waals surface area contributed by atoms with Crippen LogP contribution >= 0.6 is 11.8 Å². The lowest BCUT2D eigenvalue weighted by Gasteiger charge is -2.17. The fraction of sp³-hybridized carbons (Fsp3) is 0.462. The maximum atomic E-state index is 12.0. The average molecular weight is 473 g/mol. The van der Waals surface area contributed by atoms with E-state index in [2.05, 4.69) is 38.3 Å². The van der Waals surface area contributed by atoms with Crippen molar-refractivity contribution < 1.29 is 19.1 Å². The van der Waals surface area contributed by atoms with Gasteiger partial charge in [0.25, 0.3) is 11.8 Å². The number of carbonyl (C=O) groups excluding carboxylic acids is 2.